The number of furan rings is 1. The highest BCUT2D eigenvalue weighted by molar-refractivity contribution is 5.84. The Kier molecular flexibility index (Phi) is 1.91. The zero-order chi connectivity index (χ0) is 10.3. The molecular weight excluding hydrogens is 190 g/mol. The van der Waals surface area contributed by atoms with Gasteiger partial charge in [0.2, 0.25) is 0 Å². The summed E-state index contributed by atoms with van der Waals surface area (Å²) < 4.78 is 36.3. The number of aryl methyl sites for hydroxylation is 1. The van der Waals surface area contributed by atoms with Crippen LogP contribution in [0, 0.1) is 18.6 Å². The quantitative estimate of drug-likeness (QED) is 0.702. The summed E-state index contributed by atoms with van der Waals surface area (Å²) in [5.41, 5.74) is 0.240. The molecule has 4 heteroatoms. The molecule has 0 radical (unpaired) electrons. The van der Waals surface area contributed by atoms with E-state index in [-0.39, 0.29) is 16.7 Å². The highest BCUT2D eigenvalue weighted by Gasteiger charge is 2.16. The summed E-state index contributed by atoms with van der Waals surface area (Å²) in [5, 5.41) is 0.111. The highest BCUT2D eigenvalue weighted by atomic mass is 19.2. The number of halogens is 2. The molecule has 1 aromatic carbocycles. The third kappa shape index (κ3) is 1.14. The molecule has 14 heavy (non-hydrogen) atoms. The van der Waals surface area contributed by atoms with Gasteiger partial charge in [-0.05, 0) is 13.0 Å². The van der Waals surface area contributed by atoms with Gasteiger partial charge in [-0.2, -0.15) is 0 Å². The fourth-order valence-electron chi connectivity index (χ4n) is 1.38. The van der Waals surface area contributed by atoms with Crippen LogP contribution in [-0.2, 0) is 0 Å². The first kappa shape index (κ1) is 8.99. The molecule has 0 aliphatic rings. The molecule has 2 nitrogen and oxygen atoms in total. The van der Waals surface area contributed by atoms with Gasteiger partial charge in [0.15, 0.2) is 23.0 Å². The molecule has 0 saturated heterocycles. The van der Waals surface area contributed by atoms with E-state index in [4.69, 9.17) is 9.15 Å². The number of hydrogen-bond acceptors (Lipinski definition) is 2. The highest BCUT2D eigenvalue weighted by Crippen LogP contribution is 2.32. The van der Waals surface area contributed by atoms with Gasteiger partial charge in [-0.15, -0.1) is 0 Å². The van der Waals surface area contributed by atoms with Crippen LogP contribution in [-0.4, -0.2) is 7.11 Å². The van der Waals surface area contributed by atoms with E-state index >= 15 is 0 Å². The fourth-order valence-corrected chi connectivity index (χ4v) is 1.38. The molecule has 74 valence electrons. The van der Waals surface area contributed by atoms with E-state index < -0.39 is 11.6 Å². The molecule has 0 saturated carbocycles. The molecular formula is C10H8F2O2. The Morgan fingerprint density at radius 1 is 1.29 bits per heavy atom. The van der Waals surface area contributed by atoms with E-state index in [0.717, 1.165) is 6.07 Å². The molecule has 1 aromatic heterocycles. The topological polar surface area (TPSA) is 22.4 Å². The predicted octanol–water partition coefficient (Wildman–Crippen LogP) is 3.03. The Morgan fingerprint density at radius 3 is 2.64 bits per heavy atom. The van der Waals surface area contributed by atoms with Crippen molar-refractivity contribution in [3.05, 3.63) is 29.5 Å². The van der Waals surface area contributed by atoms with Crippen LogP contribution in [0.3, 0.4) is 0 Å². The Hall–Kier alpha value is -1.58. The summed E-state index contributed by atoms with van der Waals surface area (Å²) in [6, 6.07) is 2.41. The maximum atomic E-state index is 13.2. The Labute approximate surface area is 79.1 Å². The lowest BCUT2D eigenvalue weighted by atomic mass is 10.2. The molecule has 2 aromatic rings. The van der Waals surface area contributed by atoms with Gasteiger partial charge in [-0.1, -0.05) is 0 Å². The van der Waals surface area contributed by atoms with Crippen LogP contribution in [0.4, 0.5) is 8.78 Å². The van der Waals surface area contributed by atoms with Crippen LogP contribution in [0.15, 0.2) is 16.5 Å². The second-order valence-electron chi connectivity index (χ2n) is 2.97. The van der Waals surface area contributed by atoms with Crippen molar-refractivity contribution in [2.24, 2.45) is 0 Å². The molecule has 0 aliphatic heterocycles. The van der Waals surface area contributed by atoms with Crippen molar-refractivity contribution in [3.8, 4) is 5.75 Å². The fraction of sp³-hybridized carbons (Fsp3) is 0.200. The SMILES string of the molecule is COc1cc(F)c(F)c2cc(C)oc12. The number of hydrogen-bond donors (Lipinski definition) is 0. The summed E-state index contributed by atoms with van der Waals surface area (Å²) >= 11 is 0. The van der Waals surface area contributed by atoms with Gasteiger partial charge in [0.25, 0.3) is 0 Å². The number of benzene rings is 1. The van der Waals surface area contributed by atoms with Crippen molar-refractivity contribution in [1.29, 1.82) is 0 Å². The average molecular weight is 198 g/mol. The monoisotopic (exact) mass is 198 g/mol. The third-order valence-corrected chi connectivity index (χ3v) is 2.00. The van der Waals surface area contributed by atoms with Crippen molar-refractivity contribution >= 4 is 11.0 Å². The van der Waals surface area contributed by atoms with Crippen LogP contribution < -0.4 is 4.74 Å². The summed E-state index contributed by atoms with van der Waals surface area (Å²) in [6.07, 6.45) is 0. The normalized spacial score (nSPS) is 10.9. The summed E-state index contributed by atoms with van der Waals surface area (Å²) in [6.45, 7) is 1.66. The van der Waals surface area contributed by atoms with Gasteiger partial charge < -0.3 is 9.15 Å². The largest absolute Gasteiger partial charge is 0.493 e. The zero-order valence-corrected chi connectivity index (χ0v) is 7.73. The molecule has 0 aliphatic carbocycles. The van der Waals surface area contributed by atoms with Gasteiger partial charge in [-0.25, -0.2) is 8.78 Å². The smallest absolute Gasteiger partial charge is 0.179 e. The maximum Gasteiger partial charge on any atom is 0.179 e. The Balaban J connectivity index is 2.88. The maximum absolute atomic E-state index is 13.2. The first-order valence-corrected chi connectivity index (χ1v) is 4.05. The van der Waals surface area contributed by atoms with Crippen molar-refractivity contribution in [2.45, 2.75) is 6.92 Å². The summed E-state index contributed by atoms with van der Waals surface area (Å²) in [5.74, 6) is -1.12. The molecule has 0 atom stereocenters. The summed E-state index contributed by atoms with van der Waals surface area (Å²) in [7, 11) is 1.38. The van der Waals surface area contributed by atoms with E-state index in [1.807, 2.05) is 0 Å². The van der Waals surface area contributed by atoms with E-state index in [0.29, 0.717) is 5.76 Å². The second-order valence-corrected chi connectivity index (χ2v) is 2.97. The first-order chi connectivity index (χ1) is 6.63. The number of ether oxygens (including phenoxy) is 1. The van der Waals surface area contributed by atoms with E-state index in [1.54, 1.807) is 6.92 Å². The minimum absolute atomic E-state index is 0.111. The molecule has 1 heterocycles. The van der Waals surface area contributed by atoms with Crippen molar-refractivity contribution in [2.75, 3.05) is 7.11 Å². The van der Waals surface area contributed by atoms with E-state index in [9.17, 15) is 8.78 Å². The van der Waals surface area contributed by atoms with Crippen LogP contribution in [0.5, 0.6) is 5.75 Å². The van der Waals surface area contributed by atoms with Gasteiger partial charge in [-0.3, -0.25) is 0 Å². The van der Waals surface area contributed by atoms with Gasteiger partial charge in [0.1, 0.15) is 5.76 Å². The lowest BCUT2D eigenvalue weighted by Crippen LogP contribution is -1.89. The number of rotatable bonds is 1. The van der Waals surface area contributed by atoms with Crippen LogP contribution in [0.25, 0.3) is 11.0 Å². The van der Waals surface area contributed by atoms with Crippen molar-refractivity contribution in [1.82, 2.24) is 0 Å². The van der Waals surface area contributed by atoms with E-state index in [1.165, 1.54) is 13.2 Å². The Morgan fingerprint density at radius 2 is 2.00 bits per heavy atom. The molecule has 0 unspecified atom stereocenters. The van der Waals surface area contributed by atoms with Crippen LogP contribution in [0.1, 0.15) is 5.76 Å². The number of fused-ring (bicyclic) bond motifs is 1. The Bertz CT molecular complexity index is 488. The summed E-state index contributed by atoms with van der Waals surface area (Å²) in [4.78, 5) is 0. The minimum atomic E-state index is -0.935. The lowest BCUT2D eigenvalue weighted by molar-refractivity contribution is 0.402. The second kappa shape index (κ2) is 2.97. The minimum Gasteiger partial charge on any atom is -0.493 e. The number of methoxy groups -OCH3 is 1. The standard InChI is InChI=1S/C10H8F2O2/c1-5-3-6-9(12)7(11)4-8(13-2)10(6)14-5/h3-4H,1-2H3. The molecule has 0 N–H and O–H groups in total. The van der Waals surface area contributed by atoms with Crippen molar-refractivity contribution in [3.63, 3.8) is 0 Å². The molecule has 0 spiro atoms. The molecule has 0 fully saturated rings. The molecule has 0 bridgehead atoms. The third-order valence-electron chi connectivity index (χ3n) is 2.00. The first-order valence-electron chi connectivity index (χ1n) is 4.05. The molecule has 2 rings (SSSR count). The lowest BCUT2D eigenvalue weighted by Gasteiger charge is -2.01. The van der Waals surface area contributed by atoms with Gasteiger partial charge in [0, 0.05) is 6.07 Å². The van der Waals surface area contributed by atoms with Crippen molar-refractivity contribution < 1.29 is 17.9 Å². The van der Waals surface area contributed by atoms with Gasteiger partial charge in [0.05, 0.1) is 12.5 Å². The van der Waals surface area contributed by atoms with Crippen LogP contribution in [0.2, 0.25) is 0 Å². The van der Waals surface area contributed by atoms with Crippen LogP contribution >= 0.6 is 0 Å². The van der Waals surface area contributed by atoms with E-state index in [2.05, 4.69) is 0 Å². The average Bonchev–Trinajstić information content (AvgIpc) is 2.54. The zero-order valence-electron chi connectivity index (χ0n) is 7.73. The molecule has 0 amide bonds. The predicted molar refractivity (Wildman–Crippen MR) is 47.4 cm³/mol. The van der Waals surface area contributed by atoms with Gasteiger partial charge >= 0.3 is 0 Å².